The lowest BCUT2D eigenvalue weighted by atomic mass is 10.1. The fourth-order valence-corrected chi connectivity index (χ4v) is 2.20. The minimum Gasteiger partial charge on any atom is -0.495 e. The van der Waals surface area contributed by atoms with Crippen molar-refractivity contribution >= 4 is 35.0 Å². The van der Waals surface area contributed by atoms with E-state index in [0.717, 1.165) is 0 Å². The van der Waals surface area contributed by atoms with Crippen LogP contribution in [0.4, 0.5) is 11.4 Å². The van der Waals surface area contributed by atoms with Crippen molar-refractivity contribution < 1.29 is 14.5 Å². The lowest BCUT2D eigenvalue weighted by Crippen LogP contribution is -2.14. The van der Waals surface area contributed by atoms with Crippen molar-refractivity contribution in [3.8, 4) is 11.8 Å². The summed E-state index contributed by atoms with van der Waals surface area (Å²) >= 11 is 5.74. The van der Waals surface area contributed by atoms with Gasteiger partial charge in [0.1, 0.15) is 22.4 Å². The number of nitro benzene ring substituents is 1. The second-order valence-corrected chi connectivity index (χ2v) is 5.20. The molecule has 25 heavy (non-hydrogen) atoms. The monoisotopic (exact) mass is 357 g/mol. The van der Waals surface area contributed by atoms with Crippen molar-refractivity contribution in [3.05, 3.63) is 68.7 Å². The predicted octanol–water partition coefficient (Wildman–Crippen LogP) is 3.80. The van der Waals surface area contributed by atoms with Crippen molar-refractivity contribution in [1.29, 1.82) is 5.26 Å². The van der Waals surface area contributed by atoms with Gasteiger partial charge in [0.25, 0.3) is 11.6 Å². The van der Waals surface area contributed by atoms with Crippen LogP contribution in [0.5, 0.6) is 5.75 Å². The number of para-hydroxylation sites is 2. The van der Waals surface area contributed by atoms with E-state index in [-0.39, 0.29) is 16.3 Å². The first-order valence-electron chi connectivity index (χ1n) is 6.96. The molecule has 0 aliphatic rings. The van der Waals surface area contributed by atoms with Crippen LogP contribution in [0.25, 0.3) is 6.08 Å². The van der Waals surface area contributed by atoms with Gasteiger partial charge < -0.3 is 10.1 Å². The van der Waals surface area contributed by atoms with Gasteiger partial charge in [-0.25, -0.2) is 0 Å². The number of amides is 1. The van der Waals surface area contributed by atoms with Crippen molar-refractivity contribution in [2.24, 2.45) is 0 Å². The Morgan fingerprint density at radius 2 is 2.08 bits per heavy atom. The number of hydrogen-bond donors (Lipinski definition) is 1. The quantitative estimate of drug-likeness (QED) is 0.379. The first-order valence-corrected chi connectivity index (χ1v) is 7.34. The van der Waals surface area contributed by atoms with Crippen molar-refractivity contribution in [1.82, 2.24) is 0 Å². The highest BCUT2D eigenvalue weighted by Crippen LogP contribution is 2.27. The summed E-state index contributed by atoms with van der Waals surface area (Å²) in [7, 11) is 1.46. The molecule has 0 fully saturated rings. The zero-order valence-electron chi connectivity index (χ0n) is 13.0. The molecule has 0 spiro atoms. The topological polar surface area (TPSA) is 105 Å². The van der Waals surface area contributed by atoms with Crippen molar-refractivity contribution in [3.63, 3.8) is 0 Å². The number of halogens is 1. The summed E-state index contributed by atoms with van der Waals surface area (Å²) in [6.07, 6.45) is 1.24. The van der Waals surface area contributed by atoms with Crippen LogP contribution in [-0.2, 0) is 4.79 Å². The number of nitro groups is 1. The van der Waals surface area contributed by atoms with Gasteiger partial charge in [-0.15, -0.1) is 0 Å². The van der Waals surface area contributed by atoms with Gasteiger partial charge in [0.15, 0.2) is 0 Å². The van der Waals surface area contributed by atoms with E-state index in [9.17, 15) is 20.2 Å². The molecule has 1 amide bonds. The Kier molecular flexibility index (Phi) is 5.71. The third kappa shape index (κ3) is 4.34. The smallest absolute Gasteiger partial charge is 0.288 e. The van der Waals surface area contributed by atoms with Crippen molar-refractivity contribution in [2.75, 3.05) is 12.4 Å². The zero-order valence-corrected chi connectivity index (χ0v) is 13.8. The van der Waals surface area contributed by atoms with E-state index in [1.807, 2.05) is 0 Å². The summed E-state index contributed by atoms with van der Waals surface area (Å²) in [6, 6.07) is 12.5. The Balaban J connectivity index is 2.31. The summed E-state index contributed by atoms with van der Waals surface area (Å²) in [4.78, 5) is 22.6. The number of nitrogens with one attached hydrogen (secondary N) is 1. The summed E-state index contributed by atoms with van der Waals surface area (Å²) in [5.41, 5.74) is 0.182. The van der Waals surface area contributed by atoms with Crippen LogP contribution in [-0.4, -0.2) is 17.9 Å². The van der Waals surface area contributed by atoms with Gasteiger partial charge in [0.05, 0.1) is 17.7 Å². The number of hydrogen-bond acceptors (Lipinski definition) is 5. The molecule has 0 heterocycles. The summed E-state index contributed by atoms with van der Waals surface area (Å²) in [5.74, 6) is -0.222. The molecule has 0 aromatic heterocycles. The summed E-state index contributed by atoms with van der Waals surface area (Å²) in [6.45, 7) is 0. The van der Waals surface area contributed by atoms with E-state index >= 15 is 0 Å². The molecule has 0 aliphatic carbocycles. The van der Waals surface area contributed by atoms with Crippen LogP contribution in [0.15, 0.2) is 48.0 Å². The second kappa shape index (κ2) is 7.95. The average Bonchev–Trinajstić information content (AvgIpc) is 2.61. The molecule has 1 N–H and O–H groups in total. The Morgan fingerprint density at radius 3 is 2.72 bits per heavy atom. The molecule has 0 saturated heterocycles. The highest BCUT2D eigenvalue weighted by Gasteiger charge is 2.15. The molecule has 126 valence electrons. The Bertz CT molecular complexity index is 903. The molecule has 0 unspecified atom stereocenters. The number of rotatable bonds is 5. The van der Waals surface area contributed by atoms with Gasteiger partial charge in [-0.3, -0.25) is 14.9 Å². The van der Waals surface area contributed by atoms with Crippen molar-refractivity contribution in [2.45, 2.75) is 0 Å². The van der Waals surface area contributed by atoms with Gasteiger partial charge >= 0.3 is 0 Å². The van der Waals surface area contributed by atoms with E-state index in [1.165, 1.54) is 31.4 Å². The molecular weight excluding hydrogens is 346 g/mol. The first-order chi connectivity index (χ1) is 12.0. The fourth-order valence-electron chi connectivity index (χ4n) is 2.01. The summed E-state index contributed by atoms with van der Waals surface area (Å²) < 4.78 is 5.13. The maximum absolute atomic E-state index is 12.3. The number of carbonyl (C=O) groups excluding carboxylic acids is 1. The van der Waals surface area contributed by atoms with Crippen LogP contribution >= 0.6 is 11.6 Å². The van der Waals surface area contributed by atoms with Crippen LogP contribution in [0.1, 0.15) is 5.56 Å². The van der Waals surface area contributed by atoms with E-state index in [4.69, 9.17) is 16.3 Å². The molecular formula is C17H12ClN3O4. The Labute approximate surface area is 148 Å². The highest BCUT2D eigenvalue weighted by molar-refractivity contribution is 6.32. The third-order valence-corrected chi connectivity index (χ3v) is 3.52. The molecule has 0 aliphatic heterocycles. The van der Waals surface area contributed by atoms with E-state index in [1.54, 1.807) is 30.3 Å². The first kappa shape index (κ1) is 18.0. The minimum atomic E-state index is -0.662. The van der Waals surface area contributed by atoms with Gasteiger partial charge in [-0.2, -0.15) is 5.26 Å². The lowest BCUT2D eigenvalue weighted by molar-refractivity contribution is -0.384. The van der Waals surface area contributed by atoms with Gasteiger partial charge in [0.2, 0.25) is 0 Å². The van der Waals surface area contributed by atoms with E-state index in [2.05, 4.69) is 5.32 Å². The van der Waals surface area contributed by atoms with E-state index in [0.29, 0.717) is 17.0 Å². The van der Waals surface area contributed by atoms with Crippen LogP contribution in [0.2, 0.25) is 5.02 Å². The molecule has 2 aromatic carbocycles. The maximum Gasteiger partial charge on any atom is 0.288 e. The normalized spacial score (nSPS) is 10.7. The van der Waals surface area contributed by atoms with Crippen LogP contribution < -0.4 is 10.1 Å². The van der Waals surface area contributed by atoms with Gasteiger partial charge in [-0.1, -0.05) is 29.8 Å². The number of anilines is 1. The van der Waals surface area contributed by atoms with Crippen LogP contribution in [0.3, 0.4) is 0 Å². The average molecular weight is 358 g/mol. The number of nitrogens with zero attached hydrogens (tertiary/aromatic N) is 2. The predicted molar refractivity (Wildman–Crippen MR) is 93.3 cm³/mol. The molecule has 0 atom stereocenters. The Morgan fingerprint density at radius 1 is 1.36 bits per heavy atom. The highest BCUT2D eigenvalue weighted by atomic mass is 35.5. The molecule has 7 nitrogen and oxygen atoms in total. The number of methoxy groups -OCH3 is 1. The molecule has 0 saturated carbocycles. The largest absolute Gasteiger partial charge is 0.495 e. The number of ether oxygens (including phenoxy) is 1. The summed E-state index contributed by atoms with van der Waals surface area (Å²) in [5, 5.41) is 22.7. The standard InChI is InChI=1S/C17H12ClN3O4/c1-25-16-5-3-2-4-14(16)20-17(22)12(10-19)8-11-6-7-13(18)15(9-11)21(23)24/h2-9H,1H3,(H,20,22)/b12-8+. The minimum absolute atomic E-state index is 0.0286. The molecule has 8 heteroatoms. The van der Waals surface area contributed by atoms with Crippen LogP contribution in [0, 0.1) is 21.4 Å². The maximum atomic E-state index is 12.3. The fraction of sp³-hybridized carbons (Fsp3) is 0.0588. The molecule has 2 rings (SSSR count). The molecule has 2 aromatic rings. The number of carbonyl (C=O) groups is 1. The van der Waals surface area contributed by atoms with Gasteiger partial charge in [0, 0.05) is 6.07 Å². The SMILES string of the molecule is COc1ccccc1NC(=O)/C(C#N)=C/c1ccc(Cl)c([N+](=O)[O-])c1. The number of nitriles is 1. The zero-order chi connectivity index (χ0) is 18.4. The molecule has 0 radical (unpaired) electrons. The van der Waals surface area contributed by atoms with Gasteiger partial charge in [-0.05, 0) is 29.8 Å². The molecule has 0 bridgehead atoms. The Hall–Kier alpha value is -3.37. The lowest BCUT2D eigenvalue weighted by Gasteiger charge is -2.09. The third-order valence-electron chi connectivity index (χ3n) is 3.20. The number of benzene rings is 2. The second-order valence-electron chi connectivity index (χ2n) is 4.79. The van der Waals surface area contributed by atoms with E-state index < -0.39 is 10.8 Å².